The molecule has 0 amide bonds. The minimum Gasteiger partial charge on any atom is -0.480 e. The molecule has 0 saturated heterocycles. The molecule has 0 bridgehead atoms. The average molecular weight is 244 g/mol. The molecule has 2 rings (SSSR count). The summed E-state index contributed by atoms with van der Waals surface area (Å²) >= 11 is 7.63. The molecule has 1 aliphatic rings. The Labute approximate surface area is 97.0 Å². The van der Waals surface area contributed by atoms with Crippen LogP contribution < -0.4 is 4.90 Å². The normalized spacial score (nSPS) is 14.9. The lowest BCUT2D eigenvalue weighted by atomic mass is 10.2. The first kappa shape index (κ1) is 10.6. The molecular weight excluding hydrogens is 234 g/mol. The van der Waals surface area contributed by atoms with Crippen molar-refractivity contribution in [1.82, 2.24) is 0 Å². The Balaban J connectivity index is 2.32. The third-order valence-corrected chi connectivity index (χ3v) is 3.48. The molecule has 15 heavy (non-hydrogen) atoms. The Kier molecular flexibility index (Phi) is 3.07. The lowest BCUT2D eigenvalue weighted by Gasteiger charge is -2.29. The van der Waals surface area contributed by atoms with E-state index in [0.717, 1.165) is 22.9 Å². The van der Waals surface area contributed by atoms with Crippen LogP contribution in [0.3, 0.4) is 0 Å². The van der Waals surface area contributed by atoms with Crippen molar-refractivity contribution in [3.8, 4) is 0 Å². The van der Waals surface area contributed by atoms with Crippen LogP contribution in [-0.4, -0.2) is 29.9 Å². The zero-order chi connectivity index (χ0) is 10.8. The van der Waals surface area contributed by atoms with Gasteiger partial charge in [-0.25, -0.2) is 0 Å². The quantitative estimate of drug-likeness (QED) is 0.866. The number of hydrogen-bond acceptors (Lipinski definition) is 3. The Morgan fingerprint density at radius 3 is 3.13 bits per heavy atom. The molecule has 0 saturated carbocycles. The molecule has 0 radical (unpaired) electrons. The summed E-state index contributed by atoms with van der Waals surface area (Å²) in [7, 11) is 0. The summed E-state index contributed by atoms with van der Waals surface area (Å²) in [6.07, 6.45) is 0. The highest BCUT2D eigenvalue weighted by atomic mass is 35.5. The minimum absolute atomic E-state index is 0.0356. The topological polar surface area (TPSA) is 40.5 Å². The maximum atomic E-state index is 10.7. The third kappa shape index (κ3) is 2.38. The number of nitrogens with zero attached hydrogens (tertiary/aromatic N) is 1. The van der Waals surface area contributed by atoms with E-state index >= 15 is 0 Å². The minimum atomic E-state index is -0.812. The van der Waals surface area contributed by atoms with Gasteiger partial charge in [-0.1, -0.05) is 11.6 Å². The highest BCUT2D eigenvalue weighted by Crippen LogP contribution is 2.36. The van der Waals surface area contributed by atoms with Gasteiger partial charge in [0.1, 0.15) is 6.54 Å². The Morgan fingerprint density at radius 2 is 2.40 bits per heavy atom. The summed E-state index contributed by atoms with van der Waals surface area (Å²) in [4.78, 5) is 13.6. The van der Waals surface area contributed by atoms with Gasteiger partial charge in [0.15, 0.2) is 0 Å². The van der Waals surface area contributed by atoms with Crippen molar-refractivity contribution in [2.75, 3.05) is 23.7 Å². The van der Waals surface area contributed by atoms with Crippen molar-refractivity contribution in [1.29, 1.82) is 0 Å². The van der Waals surface area contributed by atoms with E-state index in [4.69, 9.17) is 16.7 Å². The van der Waals surface area contributed by atoms with E-state index in [9.17, 15) is 4.79 Å². The van der Waals surface area contributed by atoms with Crippen molar-refractivity contribution in [2.45, 2.75) is 4.90 Å². The third-order valence-electron chi connectivity index (χ3n) is 2.21. The van der Waals surface area contributed by atoms with Crippen molar-refractivity contribution >= 4 is 35.0 Å². The number of anilines is 1. The maximum Gasteiger partial charge on any atom is 0.323 e. The summed E-state index contributed by atoms with van der Waals surface area (Å²) in [5, 5.41) is 9.42. The molecule has 80 valence electrons. The number of thioether (sulfide) groups is 1. The van der Waals surface area contributed by atoms with Crippen LogP contribution >= 0.6 is 23.4 Å². The number of carboxylic acid groups (broad SMARTS) is 1. The summed E-state index contributed by atoms with van der Waals surface area (Å²) in [6.45, 7) is 0.790. The largest absolute Gasteiger partial charge is 0.480 e. The van der Waals surface area contributed by atoms with Gasteiger partial charge in [-0.05, 0) is 18.2 Å². The molecule has 3 nitrogen and oxygen atoms in total. The molecule has 1 aromatic carbocycles. The van der Waals surface area contributed by atoms with E-state index in [0.29, 0.717) is 5.02 Å². The molecule has 0 aliphatic carbocycles. The lowest BCUT2D eigenvalue weighted by molar-refractivity contribution is -0.135. The van der Waals surface area contributed by atoms with Crippen LogP contribution in [0.4, 0.5) is 5.69 Å². The SMILES string of the molecule is O=C(O)CN1CCSc2ccc(Cl)cc21. The predicted molar refractivity (Wildman–Crippen MR) is 62.0 cm³/mol. The molecule has 0 aromatic heterocycles. The van der Waals surface area contributed by atoms with E-state index < -0.39 is 5.97 Å². The molecule has 0 unspecified atom stereocenters. The Hall–Kier alpha value is -0.870. The van der Waals surface area contributed by atoms with Gasteiger partial charge in [0.05, 0.1) is 5.69 Å². The first-order valence-corrected chi connectivity index (χ1v) is 5.92. The van der Waals surface area contributed by atoms with Gasteiger partial charge in [0, 0.05) is 22.2 Å². The molecule has 0 fully saturated rings. The number of benzene rings is 1. The van der Waals surface area contributed by atoms with Crippen LogP contribution in [0.25, 0.3) is 0 Å². The van der Waals surface area contributed by atoms with Crippen LogP contribution in [0.2, 0.25) is 5.02 Å². The summed E-state index contributed by atoms with van der Waals surface area (Å²) in [5.74, 6) is 0.106. The van der Waals surface area contributed by atoms with Crippen molar-refractivity contribution in [3.63, 3.8) is 0 Å². The van der Waals surface area contributed by atoms with Crippen LogP contribution in [0.15, 0.2) is 23.1 Å². The van der Waals surface area contributed by atoms with Gasteiger partial charge in [0.2, 0.25) is 0 Å². The van der Waals surface area contributed by atoms with Gasteiger partial charge in [-0.2, -0.15) is 0 Å². The van der Waals surface area contributed by atoms with Gasteiger partial charge >= 0.3 is 5.97 Å². The van der Waals surface area contributed by atoms with Crippen molar-refractivity contribution in [3.05, 3.63) is 23.2 Å². The van der Waals surface area contributed by atoms with Crippen LogP contribution in [0.5, 0.6) is 0 Å². The van der Waals surface area contributed by atoms with E-state index in [1.165, 1.54) is 0 Å². The fourth-order valence-corrected chi connectivity index (χ4v) is 2.77. The molecule has 1 N–H and O–H groups in total. The standard InChI is InChI=1S/C10H10ClNO2S/c11-7-1-2-9-8(5-7)12(3-4-15-9)6-10(13)14/h1-2,5H,3-4,6H2,(H,13,14). The molecule has 0 spiro atoms. The number of aliphatic carboxylic acids is 1. The van der Waals surface area contributed by atoms with Gasteiger partial charge in [-0.15, -0.1) is 11.8 Å². The number of hydrogen-bond donors (Lipinski definition) is 1. The second-order valence-corrected chi connectivity index (χ2v) is 4.85. The highest BCUT2D eigenvalue weighted by Gasteiger charge is 2.19. The van der Waals surface area contributed by atoms with Gasteiger partial charge in [-0.3, -0.25) is 4.79 Å². The summed E-state index contributed by atoms with van der Waals surface area (Å²) in [6, 6.07) is 5.60. The number of carbonyl (C=O) groups is 1. The zero-order valence-corrected chi connectivity index (χ0v) is 9.51. The fourth-order valence-electron chi connectivity index (χ4n) is 1.57. The summed E-state index contributed by atoms with van der Waals surface area (Å²) < 4.78 is 0. The molecule has 0 atom stereocenters. The molecular formula is C10H10ClNO2S. The smallest absolute Gasteiger partial charge is 0.323 e. The van der Waals surface area contributed by atoms with Crippen molar-refractivity contribution in [2.24, 2.45) is 0 Å². The first-order chi connectivity index (χ1) is 7.16. The van der Waals surface area contributed by atoms with Crippen LogP contribution in [0, 0.1) is 0 Å². The maximum absolute atomic E-state index is 10.7. The fraction of sp³-hybridized carbons (Fsp3) is 0.300. The van der Waals surface area contributed by atoms with Gasteiger partial charge < -0.3 is 10.0 Å². The monoisotopic (exact) mass is 243 g/mol. The number of fused-ring (bicyclic) bond motifs is 1. The molecule has 1 heterocycles. The second kappa shape index (κ2) is 4.33. The van der Waals surface area contributed by atoms with E-state index in [1.807, 2.05) is 23.1 Å². The predicted octanol–water partition coefficient (Wildman–Crippen LogP) is 2.34. The lowest BCUT2D eigenvalue weighted by Crippen LogP contribution is -2.34. The Bertz CT molecular complexity index is 397. The summed E-state index contributed by atoms with van der Waals surface area (Å²) in [5.41, 5.74) is 0.932. The number of halogens is 1. The van der Waals surface area contributed by atoms with E-state index in [-0.39, 0.29) is 6.54 Å². The average Bonchev–Trinajstić information content (AvgIpc) is 2.18. The molecule has 5 heteroatoms. The van der Waals surface area contributed by atoms with Gasteiger partial charge in [0.25, 0.3) is 0 Å². The van der Waals surface area contributed by atoms with Crippen LogP contribution in [-0.2, 0) is 4.79 Å². The second-order valence-electron chi connectivity index (χ2n) is 3.28. The van der Waals surface area contributed by atoms with Crippen molar-refractivity contribution < 1.29 is 9.90 Å². The number of rotatable bonds is 2. The molecule has 1 aliphatic heterocycles. The zero-order valence-electron chi connectivity index (χ0n) is 7.94. The first-order valence-electron chi connectivity index (χ1n) is 4.56. The Morgan fingerprint density at radius 1 is 1.60 bits per heavy atom. The van der Waals surface area contributed by atoms with Crippen LogP contribution in [0.1, 0.15) is 0 Å². The molecule has 1 aromatic rings. The van der Waals surface area contributed by atoms with E-state index in [1.54, 1.807) is 11.8 Å². The number of carboxylic acids is 1. The highest BCUT2D eigenvalue weighted by molar-refractivity contribution is 7.99. The van der Waals surface area contributed by atoms with E-state index in [2.05, 4.69) is 0 Å².